The molecule has 3 heterocycles. The third kappa shape index (κ3) is 7.66. The summed E-state index contributed by atoms with van der Waals surface area (Å²) in [6, 6.07) is 1.83. The molecular formula is C25H33F3N6O. The monoisotopic (exact) mass is 490 g/mol. The molecular weight excluding hydrogens is 457 g/mol. The quantitative estimate of drug-likeness (QED) is 0.564. The Morgan fingerprint density at radius 2 is 2.03 bits per heavy atom. The number of aromatic nitrogens is 2. The highest BCUT2D eigenvalue weighted by Gasteiger charge is 2.30. The third-order valence-corrected chi connectivity index (χ3v) is 5.96. The van der Waals surface area contributed by atoms with Gasteiger partial charge in [-0.2, -0.15) is 13.2 Å². The molecule has 1 N–H and O–H groups in total. The van der Waals surface area contributed by atoms with E-state index in [-0.39, 0.29) is 30.2 Å². The molecule has 10 heteroatoms. The van der Waals surface area contributed by atoms with Crippen LogP contribution in [0.2, 0.25) is 0 Å². The molecule has 2 atom stereocenters. The summed E-state index contributed by atoms with van der Waals surface area (Å²) in [5.41, 5.74) is 2.55. The van der Waals surface area contributed by atoms with E-state index in [4.69, 9.17) is 4.74 Å². The van der Waals surface area contributed by atoms with Gasteiger partial charge in [0.25, 0.3) is 0 Å². The van der Waals surface area contributed by atoms with E-state index in [0.29, 0.717) is 5.96 Å². The number of alkyl halides is 3. The maximum atomic E-state index is 12.7. The number of halogens is 3. The maximum absolute atomic E-state index is 12.7. The molecule has 7 nitrogen and oxygen atoms in total. The minimum absolute atomic E-state index is 0.0576. The number of nitrogens with zero attached hydrogens (tertiary/aromatic N) is 5. The van der Waals surface area contributed by atoms with Crippen molar-refractivity contribution in [1.29, 1.82) is 0 Å². The molecule has 2 aliphatic heterocycles. The summed E-state index contributed by atoms with van der Waals surface area (Å²) in [5, 5.41) is 3.36. The lowest BCUT2D eigenvalue weighted by atomic mass is 9.98. The minimum Gasteiger partial charge on any atom is -0.486 e. The second kappa shape index (κ2) is 11.5. The topological polar surface area (TPSA) is 75.0 Å². The van der Waals surface area contributed by atoms with E-state index in [1.807, 2.05) is 39.8 Å². The molecule has 3 rings (SSSR count). The van der Waals surface area contributed by atoms with E-state index in [9.17, 15) is 13.2 Å². The van der Waals surface area contributed by atoms with Gasteiger partial charge in [-0.3, -0.25) is 0 Å². The summed E-state index contributed by atoms with van der Waals surface area (Å²) in [5.74, 6) is 1.71. The van der Waals surface area contributed by atoms with Crippen molar-refractivity contribution in [3.05, 3.63) is 54.2 Å². The molecule has 1 fully saturated rings. The number of aryl methyl sites for hydroxylation is 1. The van der Waals surface area contributed by atoms with Gasteiger partial charge in [0, 0.05) is 36.5 Å². The Morgan fingerprint density at radius 3 is 2.69 bits per heavy atom. The fourth-order valence-electron chi connectivity index (χ4n) is 4.14. The first kappa shape index (κ1) is 26.4. The fourth-order valence-corrected chi connectivity index (χ4v) is 4.14. The number of guanidine groups is 1. The Morgan fingerprint density at radius 1 is 1.26 bits per heavy atom. The van der Waals surface area contributed by atoms with E-state index < -0.39 is 12.8 Å². The van der Waals surface area contributed by atoms with Gasteiger partial charge in [0.1, 0.15) is 24.4 Å². The van der Waals surface area contributed by atoms with Gasteiger partial charge in [0.05, 0.1) is 6.04 Å². The van der Waals surface area contributed by atoms with Gasteiger partial charge in [-0.15, -0.1) is 6.58 Å². The van der Waals surface area contributed by atoms with E-state index in [0.717, 1.165) is 42.3 Å². The van der Waals surface area contributed by atoms with Crippen molar-refractivity contribution in [3.63, 3.8) is 0 Å². The van der Waals surface area contributed by atoms with E-state index in [1.165, 1.54) is 0 Å². The fraction of sp³-hybridized carbons (Fsp3) is 0.520. The summed E-state index contributed by atoms with van der Waals surface area (Å²) in [6.07, 6.45) is 3.20. The molecule has 0 bridgehead atoms. The summed E-state index contributed by atoms with van der Waals surface area (Å²) >= 11 is 0. The average molecular weight is 491 g/mol. The highest BCUT2D eigenvalue weighted by atomic mass is 19.4. The van der Waals surface area contributed by atoms with Crippen LogP contribution in [0.4, 0.5) is 19.0 Å². The summed E-state index contributed by atoms with van der Waals surface area (Å²) in [6.45, 7) is 12.0. The zero-order valence-corrected chi connectivity index (χ0v) is 20.6. The largest absolute Gasteiger partial charge is 0.486 e. The Bertz CT molecular complexity index is 1030. The molecule has 0 amide bonds. The number of nitrogens with one attached hydrogen (secondary N) is 1. The summed E-state index contributed by atoms with van der Waals surface area (Å²) in [4.78, 5) is 19.9. The second-order valence-corrected chi connectivity index (χ2v) is 9.07. The Hall–Kier alpha value is -3.17. The van der Waals surface area contributed by atoms with E-state index in [2.05, 4.69) is 36.7 Å². The Kier molecular flexibility index (Phi) is 8.69. The highest BCUT2D eigenvalue weighted by molar-refractivity contribution is 6.06. The normalized spacial score (nSPS) is 23.1. The van der Waals surface area contributed by atoms with Crippen LogP contribution >= 0.6 is 0 Å². The molecule has 2 aliphatic rings. The molecule has 0 aromatic carbocycles. The molecule has 35 heavy (non-hydrogen) atoms. The second-order valence-electron chi connectivity index (χ2n) is 9.07. The van der Waals surface area contributed by atoms with Crippen molar-refractivity contribution in [2.75, 3.05) is 31.1 Å². The van der Waals surface area contributed by atoms with Crippen LogP contribution in [0.3, 0.4) is 0 Å². The van der Waals surface area contributed by atoms with Crippen LogP contribution in [0.15, 0.2) is 58.5 Å². The van der Waals surface area contributed by atoms with Crippen molar-refractivity contribution in [3.8, 4) is 0 Å². The maximum Gasteiger partial charge on any atom is 0.422 e. The zero-order valence-electron chi connectivity index (χ0n) is 20.6. The smallest absolute Gasteiger partial charge is 0.422 e. The van der Waals surface area contributed by atoms with Crippen molar-refractivity contribution < 1.29 is 17.9 Å². The van der Waals surface area contributed by atoms with Crippen LogP contribution in [-0.2, 0) is 4.74 Å². The van der Waals surface area contributed by atoms with Crippen LogP contribution < -0.4 is 10.2 Å². The first-order valence-corrected chi connectivity index (χ1v) is 11.7. The number of ether oxygens (including phenoxy) is 1. The number of aliphatic imine (C=N–C) groups is 2. The lowest BCUT2D eigenvalue weighted by Gasteiger charge is -2.23. The summed E-state index contributed by atoms with van der Waals surface area (Å²) in [7, 11) is 0. The third-order valence-electron chi connectivity index (χ3n) is 5.96. The molecule has 0 radical (unpaired) electrons. The van der Waals surface area contributed by atoms with Crippen molar-refractivity contribution >= 4 is 17.5 Å². The predicted octanol–water partition coefficient (Wildman–Crippen LogP) is 4.63. The zero-order chi connectivity index (χ0) is 25.6. The van der Waals surface area contributed by atoms with Crippen LogP contribution in [0, 0.1) is 18.8 Å². The van der Waals surface area contributed by atoms with Crippen LogP contribution in [0.5, 0.6) is 0 Å². The van der Waals surface area contributed by atoms with Gasteiger partial charge in [0.2, 0.25) is 5.96 Å². The number of rotatable bonds is 7. The van der Waals surface area contributed by atoms with Crippen molar-refractivity contribution in [2.24, 2.45) is 21.8 Å². The van der Waals surface area contributed by atoms with Gasteiger partial charge >= 0.3 is 6.18 Å². The Labute approximate surface area is 204 Å². The number of allylic oxidation sites excluding steroid dienone is 3. The molecule has 1 saturated heterocycles. The van der Waals surface area contributed by atoms with Gasteiger partial charge in [-0.1, -0.05) is 26.0 Å². The van der Waals surface area contributed by atoms with Crippen molar-refractivity contribution in [1.82, 2.24) is 15.3 Å². The first-order chi connectivity index (χ1) is 16.6. The molecule has 0 spiro atoms. The summed E-state index contributed by atoms with van der Waals surface area (Å²) < 4.78 is 43.2. The highest BCUT2D eigenvalue weighted by Crippen LogP contribution is 2.25. The van der Waals surface area contributed by atoms with Crippen LogP contribution in [0.25, 0.3) is 0 Å². The molecule has 1 aromatic rings. The minimum atomic E-state index is -4.43. The first-order valence-electron chi connectivity index (χ1n) is 11.7. The molecule has 1 aromatic heterocycles. The van der Waals surface area contributed by atoms with E-state index in [1.54, 1.807) is 18.5 Å². The number of anilines is 1. The standard InChI is InChI=1S/C25H33F3N6O/c1-6-22(19-9-10-34(13-19)23-11-17(4)30-15-31-23)33-24-29-12-20(35-14-25(26,27)28)7-8-21(16(2)3)18(5)32-24/h6-8,11,15-16,19,22H,1,9-10,12-14H2,2-5H3,(H,29,33)/b20-7+,21-8+,32-18?. The van der Waals surface area contributed by atoms with Gasteiger partial charge in [0.15, 0.2) is 6.61 Å². The SMILES string of the molecule is C=CC(NC1=NC/C(OCC(F)(F)F)=C\C=C(/C(C)C)C(C)=N1)C1CCN(c2cc(C)ncn2)C1. The van der Waals surface area contributed by atoms with Gasteiger partial charge in [-0.25, -0.2) is 20.0 Å². The number of hydrogen-bond acceptors (Lipinski definition) is 7. The molecule has 0 aliphatic carbocycles. The van der Waals surface area contributed by atoms with E-state index >= 15 is 0 Å². The average Bonchev–Trinajstić information content (AvgIpc) is 3.29. The van der Waals surface area contributed by atoms with Crippen molar-refractivity contribution in [2.45, 2.75) is 46.3 Å². The number of hydrogen-bond donors (Lipinski definition) is 1. The molecule has 2 unspecified atom stereocenters. The van der Waals surface area contributed by atoms with Crippen LogP contribution in [-0.4, -0.2) is 60.1 Å². The molecule has 190 valence electrons. The Balaban J connectivity index is 1.78. The van der Waals surface area contributed by atoms with Gasteiger partial charge in [-0.05, 0) is 37.8 Å². The van der Waals surface area contributed by atoms with Crippen LogP contribution in [0.1, 0.15) is 32.9 Å². The van der Waals surface area contributed by atoms with Gasteiger partial charge < -0.3 is 15.0 Å². The lowest BCUT2D eigenvalue weighted by Crippen LogP contribution is -2.40. The lowest BCUT2D eigenvalue weighted by molar-refractivity contribution is -0.164. The predicted molar refractivity (Wildman–Crippen MR) is 133 cm³/mol. The molecule has 0 saturated carbocycles.